The van der Waals surface area contributed by atoms with Crippen molar-refractivity contribution in [2.45, 2.75) is 18.4 Å². The number of phenols is 2. The summed E-state index contributed by atoms with van der Waals surface area (Å²) >= 11 is 0. The Morgan fingerprint density at radius 1 is 0.926 bits per heavy atom. The SMILES string of the molecule is O=C(c1c(O)cccc1O)N1CC[C@@H](c2ccc3ccccc3c2)[C@H](O)C1. The quantitative estimate of drug-likeness (QED) is 0.653. The van der Waals surface area contributed by atoms with E-state index in [1.165, 1.54) is 23.1 Å². The monoisotopic (exact) mass is 363 g/mol. The van der Waals surface area contributed by atoms with E-state index in [1.807, 2.05) is 24.3 Å². The fraction of sp³-hybridized carbons (Fsp3) is 0.227. The summed E-state index contributed by atoms with van der Waals surface area (Å²) in [5.41, 5.74) is 0.938. The molecule has 1 saturated heterocycles. The molecule has 1 fully saturated rings. The number of rotatable bonds is 2. The molecule has 1 heterocycles. The average Bonchev–Trinajstić information content (AvgIpc) is 2.67. The van der Waals surface area contributed by atoms with E-state index in [0.29, 0.717) is 13.0 Å². The van der Waals surface area contributed by atoms with Gasteiger partial charge in [-0.3, -0.25) is 4.79 Å². The lowest BCUT2D eigenvalue weighted by molar-refractivity contribution is 0.0378. The Hall–Kier alpha value is -3.05. The number of piperidine rings is 1. The number of hydrogen-bond acceptors (Lipinski definition) is 4. The molecule has 5 heteroatoms. The van der Waals surface area contributed by atoms with Gasteiger partial charge in [0.2, 0.25) is 0 Å². The Balaban J connectivity index is 1.54. The molecule has 3 aromatic carbocycles. The van der Waals surface area contributed by atoms with Gasteiger partial charge in [-0.05, 0) is 34.9 Å². The minimum Gasteiger partial charge on any atom is -0.507 e. The fourth-order valence-electron chi connectivity index (χ4n) is 3.85. The lowest BCUT2D eigenvalue weighted by Gasteiger charge is -2.36. The lowest BCUT2D eigenvalue weighted by Crippen LogP contribution is -2.45. The van der Waals surface area contributed by atoms with Crippen LogP contribution in [0, 0.1) is 0 Å². The first kappa shape index (κ1) is 17.4. The summed E-state index contributed by atoms with van der Waals surface area (Å²) in [6, 6.07) is 18.5. The number of phenolic OH excluding ortho intramolecular Hbond substituents is 2. The zero-order chi connectivity index (χ0) is 19.0. The number of carbonyl (C=O) groups is 1. The van der Waals surface area contributed by atoms with Gasteiger partial charge in [0, 0.05) is 19.0 Å². The number of aliphatic hydroxyl groups is 1. The van der Waals surface area contributed by atoms with Gasteiger partial charge in [-0.2, -0.15) is 0 Å². The maximum atomic E-state index is 12.7. The Morgan fingerprint density at radius 2 is 1.63 bits per heavy atom. The van der Waals surface area contributed by atoms with E-state index in [1.54, 1.807) is 0 Å². The van der Waals surface area contributed by atoms with Crippen LogP contribution in [0.5, 0.6) is 11.5 Å². The molecule has 27 heavy (non-hydrogen) atoms. The number of carbonyl (C=O) groups excluding carboxylic acids is 1. The molecule has 1 amide bonds. The highest BCUT2D eigenvalue weighted by atomic mass is 16.3. The Bertz CT molecular complexity index is 980. The molecule has 0 saturated carbocycles. The van der Waals surface area contributed by atoms with Crippen LogP contribution in [0.4, 0.5) is 0 Å². The van der Waals surface area contributed by atoms with E-state index in [0.717, 1.165) is 16.3 Å². The van der Waals surface area contributed by atoms with Crippen LogP contribution >= 0.6 is 0 Å². The lowest BCUT2D eigenvalue weighted by atomic mass is 9.86. The third-order valence-corrected chi connectivity index (χ3v) is 5.31. The Morgan fingerprint density at radius 3 is 2.33 bits per heavy atom. The number of benzene rings is 3. The van der Waals surface area contributed by atoms with Crippen molar-refractivity contribution in [2.24, 2.45) is 0 Å². The number of amides is 1. The van der Waals surface area contributed by atoms with Gasteiger partial charge in [-0.25, -0.2) is 0 Å². The number of fused-ring (bicyclic) bond motifs is 1. The number of likely N-dealkylation sites (tertiary alicyclic amines) is 1. The van der Waals surface area contributed by atoms with Crippen LogP contribution in [-0.2, 0) is 0 Å². The van der Waals surface area contributed by atoms with Crippen molar-refractivity contribution < 1.29 is 20.1 Å². The number of aliphatic hydroxyl groups excluding tert-OH is 1. The Kier molecular flexibility index (Phi) is 4.46. The molecule has 3 N–H and O–H groups in total. The maximum absolute atomic E-state index is 12.7. The van der Waals surface area contributed by atoms with Gasteiger partial charge in [0.25, 0.3) is 5.91 Å². The zero-order valence-corrected chi connectivity index (χ0v) is 14.7. The summed E-state index contributed by atoms with van der Waals surface area (Å²) in [5.74, 6) is -1.05. The van der Waals surface area contributed by atoms with Gasteiger partial charge < -0.3 is 20.2 Å². The molecule has 0 radical (unpaired) electrons. The first-order chi connectivity index (χ1) is 13.0. The molecule has 1 aliphatic rings. The van der Waals surface area contributed by atoms with E-state index in [9.17, 15) is 20.1 Å². The number of aromatic hydroxyl groups is 2. The molecular weight excluding hydrogens is 342 g/mol. The van der Waals surface area contributed by atoms with Crippen LogP contribution in [0.25, 0.3) is 10.8 Å². The number of hydrogen-bond donors (Lipinski definition) is 3. The molecule has 1 aliphatic heterocycles. The van der Waals surface area contributed by atoms with Gasteiger partial charge in [-0.15, -0.1) is 0 Å². The zero-order valence-electron chi connectivity index (χ0n) is 14.7. The normalized spacial score (nSPS) is 20.0. The van der Waals surface area contributed by atoms with E-state index in [4.69, 9.17) is 0 Å². The third kappa shape index (κ3) is 3.22. The van der Waals surface area contributed by atoms with Gasteiger partial charge >= 0.3 is 0 Å². The molecule has 5 nitrogen and oxygen atoms in total. The van der Waals surface area contributed by atoms with Crippen LogP contribution in [0.2, 0.25) is 0 Å². The minimum absolute atomic E-state index is 0.0587. The predicted molar refractivity (Wildman–Crippen MR) is 103 cm³/mol. The van der Waals surface area contributed by atoms with Crippen molar-refractivity contribution in [3.63, 3.8) is 0 Å². The molecule has 0 aliphatic carbocycles. The summed E-state index contributed by atoms with van der Waals surface area (Å²) in [6.45, 7) is 0.602. The highest BCUT2D eigenvalue weighted by molar-refractivity contribution is 5.99. The summed E-state index contributed by atoms with van der Waals surface area (Å²) in [7, 11) is 0. The fourth-order valence-corrected chi connectivity index (χ4v) is 3.85. The maximum Gasteiger partial charge on any atom is 0.261 e. The first-order valence-corrected chi connectivity index (χ1v) is 9.01. The Labute approximate surface area is 157 Å². The number of β-amino-alcohol motifs (C(OH)–C–C–N with tert-alkyl or cyclic N) is 1. The van der Waals surface area contributed by atoms with Crippen molar-refractivity contribution in [3.8, 4) is 11.5 Å². The molecule has 4 rings (SSSR count). The summed E-state index contributed by atoms with van der Waals surface area (Å²) in [4.78, 5) is 14.2. The summed E-state index contributed by atoms with van der Waals surface area (Å²) in [6.07, 6.45) is -0.101. The largest absolute Gasteiger partial charge is 0.507 e. The average molecular weight is 363 g/mol. The summed E-state index contributed by atoms with van der Waals surface area (Å²) in [5, 5.41) is 32.8. The van der Waals surface area contributed by atoms with E-state index < -0.39 is 12.0 Å². The molecule has 2 atom stereocenters. The topological polar surface area (TPSA) is 81.0 Å². The second kappa shape index (κ2) is 6.93. The molecular formula is C22H21NO4. The van der Waals surface area contributed by atoms with Crippen LogP contribution in [0.3, 0.4) is 0 Å². The van der Waals surface area contributed by atoms with Crippen molar-refractivity contribution in [1.29, 1.82) is 0 Å². The standard InChI is InChI=1S/C22H21NO4/c24-18-6-3-7-19(25)21(18)22(27)23-11-10-17(20(26)13-23)16-9-8-14-4-1-2-5-15(14)12-16/h1-9,12,17,20,24-26H,10-11,13H2/t17-,20+/m0/s1. The van der Waals surface area contributed by atoms with Crippen LogP contribution in [0.1, 0.15) is 28.3 Å². The van der Waals surface area contributed by atoms with Crippen LogP contribution < -0.4 is 0 Å². The number of nitrogens with zero attached hydrogens (tertiary/aromatic N) is 1. The van der Waals surface area contributed by atoms with Crippen molar-refractivity contribution in [3.05, 3.63) is 71.8 Å². The predicted octanol–water partition coefficient (Wildman–Crippen LogP) is 3.24. The summed E-state index contributed by atoms with van der Waals surface area (Å²) < 4.78 is 0. The highest BCUT2D eigenvalue weighted by Crippen LogP contribution is 2.33. The van der Waals surface area contributed by atoms with Gasteiger partial charge in [0.15, 0.2) is 0 Å². The second-order valence-electron chi connectivity index (χ2n) is 6.99. The van der Waals surface area contributed by atoms with E-state index in [2.05, 4.69) is 18.2 Å². The second-order valence-corrected chi connectivity index (χ2v) is 6.99. The minimum atomic E-state index is -0.711. The van der Waals surface area contributed by atoms with Gasteiger partial charge in [0.05, 0.1) is 6.10 Å². The van der Waals surface area contributed by atoms with Gasteiger partial charge in [-0.1, -0.05) is 48.5 Å². The van der Waals surface area contributed by atoms with Gasteiger partial charge in [0.1, 0.15) is 17.1 Å². The first-order valence-electron chi connectivity index (χ1n) is 9.01. The third-order valence-electron chi connectivity index (χ3n) is 5.31. The van der Waals surface area contributed by atoms with Crippen molar-refractivity contribution in [2.75, 3.05) is 13.1 Å². The highest BCUT2D eigenvalue weighted by Gasteiger charge is 2.33. The molecule has 0 bridgehead atoms. The molecule has 0 aromatic heterocycles. The molecule has 0 unspecified atom stereocenters. The van der Waals surface area contributed by atoms with Crippen molar-refractivity contribution in [1.82, 2.24) is 4.90 Å². The van der Waals surface area contributed by atoms with E-state index in [-0.39, 0.29) is 29.5 Å². The van der Waals surface area contributed by atoms with E-state index >= 15 is 0 Å². The molecule has 3 aromatic rings. The molecule has 138 valence electrons. The van der Waals surface area contributed by atoms with Crippen molar-refractivity contribution >= 4 is 16.7 Å². The smallest absolute Gasteiger partial charge is 0.261 e. The van der Waals surface area contributed by atoms with Crippen LogP contribution in [-0.4, -0.2) is 45.3 Å². The van der Waals surface area contributed by atoms with Crippen LogP contribution in [0.15, 0.2) is 60.7 Å². The molecule has 0 spiro atoms.